The second-order valence-corrected chi connectivity index (χ2v) is 5.21. The molecule has 0 radical (unpaired) electrons. The Morgan fingerprint density at radius 1 is 1.53 bits per heavy atom. The molecule has 1 atom stereocenters. The molecule has 1 rings (SSSR count). The van der Waals surface area contributed by atoms with Gasteiger partial charge >= 0.3 is 5.97 Å². The van der Waals surface area contributed by atoms with Crippen LogP contribution in [0.2, 0.25) is 0 Å². The monoisotopic (exact) mass is 214 g/mol. The highest BCUT2D eigenvalue weighted by Crippen LogP contribution is 2.32. The van der Waals surface area contributed by atoms with Gasteiger partial charge in [-0.15, -0.1) is 0 Å². The maximum Gasteiger partial charge on any atom is 0.303 e. The quantitative estimate of drug-likeness (QED) is 0.733. The number of carbonyl (C=O) groups is 1. The third kappa shape index (κ3) is 4.18. The van der Waals surface area contributed by atoms with Crippen molar-refractivity contribution >= 4 is 5.97 Å². The zero-order chi connectivity index (χ0) is 11.5. The molecule has 4 nitrogen and oxygen atoms in total. The van der Waals surface area contributed by atoms with E-state index in [9.17, 15) is 4.79 Å². The zero-order valence-electron chi connectivity index (χ0n) is 9.99. The number of hydrogen-bond donors (Lipinski definition) is 1. The van der Waals surface area contributed by atoms with Gasteiger partial charge in [0.25, 0.3) is 0 Å². The van der Waals surface area contributed by atoms with E-state index in [1.165, 1.54) is 0 Å². The molecule has 0 bridgehead atoms. The molecule has 0 amide bonds. The van der Waals surface area contributed by atoms with E-state index in [1.807, 2.05) is 0 Å². The molecule has 1 N–H and O–H groups in total. The number of carboxylic acid groups (broad SMARTS) is 1. The molecule has 0 aromatic carbocycles. The summed E-state index contributed by atoms with van der Waals surface area (Å²) in [5.74, 6) is -0.674. The van der Waals surface area contributed by atoms with Gasteiger partial charge in [0.1, 0.15) is 0 Å². The van der Waals surface area contributed by atoms with E-state index in [0.717, 1.165) is 32.6 Å². The predicted molar refractivity (Wildman–Crippen MR) is 60.0 cm³/mol. The first-order valence-corrected chi connectivity index (χ1v) is 5.50. The third-order valence-electron chi connectivity index (χ3n) is 3.08. The smallest absolute Gasteiger partial charge is 0.303 e. The average molecular weight is 214 g/mol. The number of rotatable bonds is 5. The van der Waals surface area contributed by atoms with Crippen LogP contribution in [0.4, 0.5) is 0 Å². The first-order valence-electron chi connectivity index (χ1n) is 5.50. The Labute approximate surface area is 91.9 Å². The van der Waals surface area contributed by atoms with Crippen LogP contribution >= 0.6 is 0 Å². The summed E-state index contributed by atoms with van der Waals surface area (Å²) in [6, 6.07) is 0. The van der Waals surface area contributed by atoms with Crippen molar-refractivity contribution in [3.8, 4) is 0 Å². The molecule has 0 aliphatic carbocycles. The summed E-state index contributed by atoms with van der Waals surface area (Å²) in [6.07, 6.45) is 1.30. The Morgan fingerprint density at radius 3 is 2.73 bits per heavy atom. The fourth-order valence-electron chi connectivity index (χ4n) is 2.17. The Balaban J connectivity index is 2.34. The Hall–Kier alpha value is -0.610. The minimum Gasteiger partial charge on any atom is -0.481 e. The van der Waals surface area contributed by atoms with Crippen molar-refractivity contribution in [2.24, 2.45) is 5.41 Å². The van der Waals surface area contributed by atoms with Gasteiger partial charge in [0.2, 0.25) is 0 Å². The van der Waals surface area contributed by atoms with Crippen LogP contribution in [0.5, 0.6) is 0 Å². The molecule has 15 heavy (non-hydrogen) atoms. The number of likely N-dealkylation sites (tertiary alicyclic amines) is 1. The molecule has 1 heterocycles. The normalized spacial score (nSPS) is 27.5. The summed E-state index contributed by atoms with van der Waals surface area (Å²) in [5.41, 5.74) is -0.0157. The second-order valence-electron chi connectivity index (χ2n) is 5.21. The molecule has 1 unspecified atom stereocenters. The van der Waals surface area contributed by atoms with Gasteiger partial charge < -0.3 is 14.9 Å². The lowest BCUT2D eigenvalue weighted by Gasteiger charge is -2.23. The van der Waals surface area contributed by atoms with Crippen molar-refractivity contribution in [1.82, 2.24) is 9.80 Å². The molecular weight excluding hydrogens is 192 g/mol. The molecule has 0 saturated carbocycles. The summed E-state index contributed by atoms with van der Waals surface area (Å²) >= 11 is 0. The molecule has 1 aliphatic heterocycles. The SMILES string of the molecule is CN(C)CCN1CCC(C)(CC(=O)O)C1. The van der Waals surface area contributed by atoms with E-state index in [2.05, 4.69) is 30.8 Å². The van der Waals surface area contributed by atoms with Crippen molar-refractivity contribution in [3.05, 3.63) is 0 Å². The van der Waals surface area contributed by atoms with Crippen LogP contribution < -0.4 is 0 Å². The van der Waals surface area contributed by atoms with Crippen LogP contribution in [0.1, 0.15) is 19.8 Å². The molecule has 1 aliphatic rings. The van der Waals surface area contributed by atoms with Crippen molar-refractivity contribution in [2.75, 3.05) is 40.3 Å². The van der Waals surface area contributed by atoms with Crippen molar-refractivity contribution in [3.63, 3.8) is 0 Å². The lowest BCUT2D eigenvalue weighted by molar-refractivity contribution is -0.139. The van der Waals surface area contributed by atoms with E-state index < -0.39 is 5.97 Å². The fourth-order valence-corrected chi connectivity index (χ4v) is 2.17. The van der Waals surface area contributed by atoms with Crippen molar-refractivity contribution < 1.29 is 9.90 Å². The van der Waals surface area contributed by atoms with Gasteiger partial charge in [0, 0.05) is 19.6 Å². The summed E-state index contributed by atoms with van der Waals surface area (Å²) in [5, 5.41) is 8.82. The Bertz CT molecular complexity index is 231. The molecule has 0 aromatic heterocycles. The summed E-state index contributed by atoms with van der Waals surface area (Å²) in [7, 11) is 4.12. The number of likely N-dealkylation sites (N-methyl/N-ethyl adjacent to an activating group) is 1. The van der Waals surface area contributed by atoms with Gasteiger partial charge in [0.15, 0.2) is 0 Å². The van der Waals surface area contributed by atoms with Gasteiger partial charge in [-0.2, -0.15) is 0 Å². The minimum atomic E-state index is -0.674. The van der Waals surface area contributed by atoms with Crippen molar-refractivity contribution in [1.29, 1.82) is 0 Å². The highest BCUT2D eigenvalue weighted by molar-refractivity contribution is 5.67. The Morgan fingerprint density at radius 2 is 2.20 bits per heavy atom. The van der Waals surface area contributed by atoms with E-state index >= 15 is 0 Å². The highest BCUT2D eigenvalue weighted by Gasteiger charge is 2.35. The predicted octanol–water partition coefficient (Wildman–Crippen LogP) is 0.735. The largest absolute Gasteiger partial charge is 0.481 e. The van der Waals surface area contributed by atoms with Gasteiger partial charge in [-0.05, 0) is 32.5 Å². The van der Waals surface area contributed by atoms with E-state index in [4.69, 9.17) is 5.11 Å². The topological polar surface area (TPSA) is 43.8 Å². The average Bonchev–Trinajstić information content (AvgIpc) is 2.42. The molecule has 88 valence electrons. The van der Waals surface area contributed by atoms with Gasteiger partial charge in [-0.3, -0.25) is 4.79 Å². The maximum atomic E-state index is 10.7. The van der Waals surface area contributed by atoms with E-state index in [-0.39, 0.29) is 5.41 Å². The molecular formula is C11H22N2O2. The number of aliphatic carboxylic acids is 1. The first kappa shape index (κ1) is 12.5. The fraction of sp³-hybridized carbons (Fsp3) is 0.909. The summed E-state index contributed by atoms with van der Waals surface area (Å²) < 4.78 is 0. The standard InChI is InChI=1S/C11H22N2O2/c1-11(8-10(14)15)4-5-13(9-11)7-6-12(2)3/h4-9H2,1-3H3,(H,14,15). The summed E-state index contributed by atoms with van der Waals surface area (Å²) in [4.78, 5) is 15.2. The summed E-state index contributed by atoms with van der Waals surface area (Å²) in [6.45, 7) is 6.13. The van der Waals surface area contributed by atoms with Crippen LogP contribution in [0.3, 0.4) is 0 Å². The highest BCUT2D eigenvalue weighted by atomic mass is 16.4. The maximum absolute atomic E-state index is 10.7. The first-order chi connectivity index (χ1) is 6.91. The minimum absolute atomic E-state index is 0.0157. The lowest BCUT2D eigenvalue weighted by Crippen LogP contribution is -2.32. The van der Waals surface area contributed by atoms with E-state index in [1.54, 1.807) is 0 Å². The molecule has 4 heteroatoms. The second kappa shape index (κ2) is 4.94. The number of carboxylic acids is 1. The van der Waals surface area contributed by atoms with Crippen LogP contribution in [-0.2, 0) is 4.79 Å². The van der Waals surface area contributed by atoms with Crippen LogP contribution in [-0.4, -0.2) is 61.2 Å². The van der Waals surface area contributed by atoms with Gasteiger partial charge in [0.05, 0.1) is 6.42 Å². The zero-order valence-corrected chi connectivity index (χ0v) is 9.99. The molecule has 0 spiro atoms. The third-order valence-corrected chi connectivity index (χ3v) is 3.08. The Kier molecular flexibility index (Phi) is 4.11. The lowest BCUT2D eigenvalue weighted by atomic mass is 9.86. The van der Waals surface area contributed by atoms with Gasteiger partial charge in [-0.1, -0.05) is 6.92 Å². The van der Waals surface area contributed by atoms with E-state index in [0.29, 0.717) is 6.42 Å². The van der Waals surface area contributed by atoms with Crippen LogP contribution in [0.15, 0.2) is 0 Å². The molecule has 1 saturated heterocycles. The van der Waals surface area contributed by atoms with Crippen LogP contribution in [0.25, 0.3) is 0 Å². The number of nitrogens with zero attached hydrogens (tertiary/aromatic N) is 2. The van der Waals surface area contributed by atoms with Crippen LogP contribution in [0, 0.1) is 5.41 Å². The molecule has 0 aromatic rings. The van der Waals surface area contributed by atoms with Crippen molar-refractivity contribution in [2.45, 2.75) is 19.8 Å². The number of hydrogen-bond acceptors (Lipinski definition) is 3. The van der Waals surface area contributed by atoms with Gasteiger partial charge in [-0.25, -0.2) is 0 Å². The molecule has 1 fully saturated rings.